The van der Waals surface area contributed by atoms with E-state index in [-0.39, 0.29) is 12.6 Å². The Hall–Kier alpha value is -1.79. The van der Waals surface area contributed by atoms with Crippen molar-refractivity contribution in [3.63, 3.8) is 0 Å². The number of amides is 5. The summed E-state index contributed by atoms with van der Waals surface area (Å²) in [5.74, 6) is -0.390. The lowest BCUT2D eigenvalue weighted by molar-refractivity contribution is -0.132. The lowest BCUT2D eigenvalue weighted by atomic mass is 10.6. The molecule has 0 aromatic heterocycles. The van der Waals surface area contributed by atoms with Crippen LogP contribution in [0.2, 0.25) is 0 Å². The largest absolute Gasteiger partial charge is 0.344 e. The molecule has 2 fully saturated rings. The van der Waals surface area contributed by atoms with Crippen molar-refractivity contribution >= 4 is 18.0 Å². The first-order chi connectivity index (χ1) is 6.61. The molecule has 76 valence electrons. The highest BCUT2D eigenvalue weighted by Crippen LogP contribution is 2.12. The third-order valence-corrected chi connectivity index (χ3v) is 2.26. The number of hydrogen-bond donors (Lipinski definition) is 1. The maximum Gasteiger partial charge on any atom is 0.344 e. The van der Waals surface area contributed by atoms with Gasteiger partial charge >= 0.3 is 12.1 Å². The van der Waals surface area contributed by atoms with Crippen LogP contribution >= 0.6 is 0 Å². The van der Waals surface area contributed by atoms with E-state index in [1.807, 2.05) is 0 Å². The van der Waals surface area contributed by atoms with Gasteiger partial charge in [0.1, 0.15) is 6.54 Å². The van der Waals surface area contributed by atoms with Gasteiger partial charge in [-0.1, -0.05) is 0 Å². The van der Waals surface area contributed by atoms with Crippen LogP contribution in [0.15, 0.2) is 0 Å². The zero-order valence-corrected chi connectivity index (χ0v) is 7.69. The second-order valence-corrected chi connectivity index (χ2v) is 3.19. The first-order valence-electron chi connectivity index (χ1n) is 4.24. The molecule has 2 aliphatic heterocycles. The van der Waals surface area contributed by atoms with Crippen molar-refractivity contribution in [3.05, 3.63) is 0 Å². The van der Waals surface area contributed by atoms with Crippen molar-refractivity contribution in [2.75, 3.05) is 26.7 Å². The van der Waals surface area contributed by atoms with Crippen molar-refractivity contribution in [1.82, 2.24) is 20.2 Å². The lowest BCUT2D eigenvalue weighted by Crippen LogP contribution is -2.48. The second-order valence-electron chi connectivity index (χ2n) is 3.19. The average Bonchev–Trinajstić information content (AvgIpc) is 2.62. The maximum atomic E-state index is 11.5. The highest BCUT2D eigenvalue weighted by atomic mass is 16.2. The van der Waals surface area contributed by atoms with Gasteiger partial charge in [-0.05, 0) is 0 Å². The van der Waals surface area contributed by atoms with E-state index in [0.29, 0.717) is 13.1 Å². The van der Waals surface area contributed by atoms with Crippen molar-refractivity contribution in [1.29, 1.82) is 0 Å². The Bertz CT molecular complexity index is 300. The van der Waals surface area contributed by atoms with Gasteiger partial charge in [0.2, 0.25) is 0 Å². The second kappa shape index (κ2) is 2.86. The Balaban J connectivity index is 2.19. The molecular weight excluding hydrogens is 188 g/mol. The fourth-order valence-corrected chi connectivity index (χ4v) is 1.48. The molecule has 0 aliphatic carbocycles. The van der Waals surface area contributed by atoms with Gasteiger partial charge in [0.25, 0.3) is 5.91 Å². The van der Waals surface area contributed by atoms with Gasteiger partial charge in [-0.2, -0.15) is 5.01 Å². The summed E-state index contributed by atoms with van der Waals surface area (Å²) in [5, 5.41) is 4.38. The Labute approximate surface area is 80.2 Å². The third kappa shape index (κ3) is 1.09. The summed E-state index contributed by atoms with van der Waals surface area (Å²) in [6.07, 6.45) is 0. The fraction of sp³-hybridized carbons (Fsp3) is 0.571. The first kappa shape index (κ1) is 8.79. The quantitative estimate of drug-likeness (QED) is 0.539. The lowest BCUT2D eigenvalue weighted by Gasteiger charge is -2.23. The topological polar surface area (TPSA) is 73.0 Å². The molecule has 1 N–H and O–H groups in total. The summed E-state index contributed by atoms with van der Waals surface area (Å²) in [5.41, 5.74) is 0. The van der Waals surface area contributed by atoms with Crippen LogP contribution in [-0.2, 0) is 4.79 Å². The van der Waals surface area contributed by atoms with Gasteiger partial charge < -0.3 is 10.2 Å². The van der Waals surface area contributed by atoms with Gasteiger partial charge in [0, 0.05) is 13.6 Å². The molecule has 2 rings (SSSR count). The molecule has 7 heteroatoms. The molecule has 2 heterocycles. The molecule has 0 unspecified atom stereocenters. The van der Waals surface area contributed by atoms with Crippen LogP contribution < -0.4 is 5.32 Å². The fourth-order valence-electron chi connectivity index (χ4n) is 1.48. The van der Waals surface area contributed by atoms with Gasteiger partial charge in [-0.3, -0.25) is 4.79 Å². The average molecular weight is 198 g/mol. The predicted molar refractivity (Wildman–Crippen MR) is 45.0 cm³/mol. The SMILES string of the molecule is CN1CCN(N2C(=O)CNC2=O)C1=O. The zero-order valence-electron chi connectivity index (χ0n) is 7.69. The predicted octanol–water partition coefficient (Wildman–Crippen LogP) is -1.18. The zero-order chi connectivity index (χ0) is 10.3. The maximum absolute atomic E-state index is 11.5. The molecule has 14 heavy (non-hydrogen) atoms. The van der Waals surface area contributed by atoms with Crippen molar-refractivity contribution in [3.8, 4) is 0 Å². The minimum Gasteiger partial charge on any atom is -0.327 e. The Kier molecular flexibility index (Phi) is 1.80. The minimum absolute atomic E-state index is 0.0354. The molecule has 0 radical (unpaired) electrons. The van der Waals surface area contributed by atoms with E-state index in [2.05, 4.69) is 5.32 Å². The highest BCUT2D eigenvalue weighted by molar-refractivity contribution is 6.03. The standard InChI is InChI=1S/C7H10N4O3/c1-9-2-3-10(7(9)14)11-5(12)4-8-6(11)13/h2-4H2,1H3,(H,8,13). The van der Waals surface area contributed by atoms with Crippen LogP contribution in [0.5, 0.6) is 0 Å². The van der Waals surface area contributed by atoms with Crippen LogP contribution in [0.25, 0.3) is 0 Å². The molecular formula is C7H10N4O3. The number of nitrogens with zero attached hydrogens (tertiary/aromatic N) is 3. The third-order valence-electron chi connectivity index (χ3n) is 2.26. The van der Waals surface area contributed by atoms with E-state index < -0.39 is 11.9 Å². The number of rotatable bonds is 1. The summed E-state index contributed by atoms with van der Waals surface area (Å²) in [6.45, 7) is 0.858. The molecule has 2 saturated heterocycles. The summed E-state index contributed by atoms with van der Waals surface area (Å²) in [6, 6.07) is -0.853. The Morgan fingerprint density at radius 3 is 2.36 bits per heavy atom. The van der Waals surface area contributed by atoms with Gasteiger partial charge in [0.15, 0.2) is 0 Å². The molecule has 0 spiro atoms. The number of likely N-dealkylation sites (N-methyl/N-ethyl adjacent to an activating group) is 1. The summed E-state index contributed by atoms with van der Waals surface area (Å²) in [7, 11) is 1.63. The molecule has 5 amide bonds. The molecule has 0 aromatic carbocycles. The molecule has 0 bridgehead atoms. The van der Waals surface area contributed by atoms with Gasteiger partial charge in [-0.15, -0.1) is 0 Å². The highest BCUT2D eigenvalue weighted by Gasteiger charge is 2.40. The molecule has 0 saturated carbocycles. The summed E-state index contributed by atoms with van der Waals surface area (Å²) < 4.78 is 0. The van der Waals surface area contributed by atoms with E-state index in [9.17, 15) is 14.4 Å². The van der Waals surface area contributed by atoms with Crippen LogP contribution in [0.1, 0.15) is 0 Å². The summed E-state index contributed by atoms with van der Waals surface area (Å²) >= 11 is 0. The number of hydrazine groups is 1. The number of imide groups is 1. The van der Waals surface area contributed by atoms with Crippen molar-refractivity contribution < 1.29 is 14.4 Å². The van der Waals surface area contributed by atoms with E-state index in [4.69, 9.17) is 0 Å². The Morgan fingerprint density at radius 2 is 1.93 bits per heavy atom. The van der Waals surface area contributed by atoms with E-state index in [1.165, 1.54) is 4.90 Å². The monoisotopic (exact) mass is 198 g/mol. The summed E-state index contributed by atoms with van der Waals surface area (Å²) in [4.78, 5) is 35.4. The smallest absolute Gasteiger partial charge is 0.327 e. The normalized spacial score (nSPS) is 22.4. The molecule has 7 nitrogen and oxygen atoms in total. The van der Waals surface area contributed by atoms with Gasteiger partial charge in [0.05, 0.1) is 6.54 Å². The number of carbonyl (C=O) groups is 3. The van der Waals surface area contributed by atoms with Crippen molar-refractivity contribution in [2.24, 2.45) is 0 Å². The number of urea groups is 2. The van der Waals surface area contributed by atoms with Gasteiger partial charge in [-0.25, -0.2) is 14.6 Å². The van der Waals surface area contributed by atoms with E-state index in [1.54, 1.807) is 7.05 Å². The van der Waals surface area contributed by atoms with Crippen molar-refractivity contribution in [2.45, 2.75) is 0 Å². The number of carbonyl (C=O) groups excluding carboxylic acids is 3. The number of hydrogen-bond acceptors (Lipinski definition) is 3. The molecule has 2 aliphatic rings. The molecule has 0 atom stereocenters. The van der Waals surface area contributed by atoms with E-state index in [0.717, 1.165) is 10.0 Å². The van der Waals surface area contributed by atoms with Crippen LogP contribution in [0, 0.1) is 0 Å². The van der Waals surface area contributed by atoms with Crippen LogP contribution in [0.4, 0.5) is 9.59 Å². The van der Waals surface area contributed by atoms with Crippen LogP contribution in [0.3, 0.4) is 0 Å². The number of nitrogens with one attached hydrogen (secondary N) is 1. The first-order valence-corrected chi connectivity index (χ1v) is 4.24. The molecule has 0 aromatic rings. The minimum atomic E-state index is -0.529. The van der Waals surface area contributed by atoms with Crippen LogP contribution in [-0.4, -0.2) is 59.6 Å². The Morgan fingerprint density at radius 1 is 1.21 bits per heavy atom. The van der Waals surface area contributed by atoms with E-state index >= 15 is 0 Å².